The van der Waals surface area contributed by atoms with Crippen LogP contribution in [0, 0.1) is 29.3 Å². The molecule has 120 valence electrons. The van der Waals surface area contributed by atoms with E-state index in [1.807, 2.05) is 0 Å². The molecule has 0 saturated heterocycles. The van der Waals surface area contributed by atoms with Gasteiger partial charge in [0.1, 0.15) is 5.92 Å². The van der Waals surface area contributed by atoms with Crippen molar-refractivity contribution in [1.82, 2.24) is 0 Å². The van der Waals surface area contributed by atoms with Gasteiger partial charge in [0.05, 0.1) is 6.61 Å². The van der Waals surface area contributed by atoms with Crippen LogP contribution in [0.4, 0.5) is 13.2 Å². The Labute approximate surface area is 126 Å². The number of ketones is 1. The van der Waals surface area contributed by atoms with Gasteiger partial charge in [-0.25, -0.2) is 13.2 Å². The van der Waals surface area contributed by atoms with Crippen molar-refractivity contribution in [2.24, 2.45) is 11.8 Å². The summed E-state index contributed by atoms with van der Waals surface area (Å²) >= 11 is 0. The molecule has 1 aliphatic rings. The summed E-state index contributed by atoms with van der Waals surface area (Å²) in [5, 5.41) is 0. The average Bonchev–Trinajstić information content (AvgIpc) is 2.40. The molecule has 0 aliphatic heterocycles. The molecule has 1 fully saturated rings. The van der Waals surface area contributed by atoms with Crippen molar-refractivity contribution in [3.8, 4) is 0 Å². The molecule has 1 aromatic rings. The molecule has 6 heteroatoms. The third-order valence-electron chi connectivity index (χ3n) is 3.91. The number of hydrogen-bond donors (Lipinski definition) is 0. The predicted octanol–water partition coefficient (Wildman–Crippen LogP) is 3.19. The van der Waals surface area contributed by atoms with Gasteiger partial charge in [-0.15, -0.1) is 0 Å². The number of esters is 1. The second-order valence-corrected chi connectivity index (χ2v) is 5.41. The highest BCUT2D eigenvalue weighted by Gasteiger charge is 2.36. The highest BCUT2D eigenvalue weighted by molar-refractivity contribution is 6.00. The predicted molar refractivity (Wildman–Crippen MR) is 72.5 cm³/mol. The second-order valence-electron chi connectivity index (χ2n) is 5.41. The van der Waals surface area contributed by atoms with E-state index >= 15 is 0 Å². The minimum absolute atomic E-state index is 0.0575. The maximum Gasteiger partial charge on any atom is 0.316 e. The smallest absolute Gasteiger partial charge is 0.316 e. The molecule has 0 spiro atoms. The van der Waals surface area contributed by atoms with Crippen LogP contribution in [-0.2, 0) is 20.7 Å². The molecule has 0 aromatic heterocycles. The van der Waals surface area contributed by atoms with Crippen LogP contribution in [0.1, 0.15) is 31.7 Å². The van der Waals surface area contributed by atoms with Crippen molar-refractivity contribution < 1.29 is 27.5 Å². The monoisotopic (exact) mass is 314 g/mol. The number of carbonyl (C=O) groups is 2. The molecule has 2 rings (SSSR count). The van der Waals surface area contributed by atoms with E-state index in [0.717, 1.165) is 18.6 Å². The van der Waals surface area contributed by atoms with Crippen LogP contribution in [0.5, 0.6) is 0 Å². The Bertz CT molecular complexity index is 559. The summed E-state index contributed by atoms with van der Waals surface area (Å²) in [5.74, 6) is -6.53. The number of halogens is 3. The lowest BCUT2D eigenvalue weighted by molar-refractivity contribution is -0.153. The van der Waals surface area contributed by atoms with Gasteiger partial charge in [0, 0.05) is 5.92 Å². The Kier molecular flexibility index (Phi) is 5.21. The van der Waals surface area contributed by atoms with Crippen LogP contribution in [0.25, 0.3) is 0 Å². The molecule has 22 heavy (non-hydrogen) atoms. The maximum atomic E-state index is 13.3. The van der Waals surface area contributed by atoms with E-state index in [-0.39, 0.29) is 30.3 Å². The van der Waals surface area contributed by atoms with Crippen molar-refractivity contribution in [3.63, 3.8) is 0 Å². The van der Waals surface area contributed by atoms with Crippen LogP contribution in [0.2, 0.25) is 0 Å². The zero-order valence-electron chi connectivity index (χ0n) is 12.2. The summed E-state index contributed by atoms with van der Waals surface area (Å²) in [5.41, 5.74) is 0.0575. The van der Waals surface area contributed by atoms with Gasteiger partial charge in [-0.3, -0.25) is 9.59 Å². The van der Waals surface area contributed by atoms with E-state index in [0.29, 0.717) is 12.8 Å². The lowest BCUT2D eigenvalue weighted by Crippen LogP contribution is -2.35. The highest BCUT2D eigenvalue weighted by Crippen LogP contribution is 2.31. The van der Waals surface area contributed by atoms with Gasteiger partial charge in [0.15, 0.2) is 23.2 Å². The van der Waals surface area contributed by atoms with Crippen molar-refractivity contribution in [2.45, 2.75) is 32.6 Å². The first-order valence-corrected chi connectivity index (χ1v) is 7.27. The quantitative estimate of drug-likeness (QED) is 0.460. The summed E-state index contributed by atoms with van der Waals surface area (Å²) in [6, 6.07) is 1.61. The first-order valence-electron chi connectivity index (χ1n) is 7.27. The highest BCUT2D eigenvalue weighted by atomic mass is 19.2. The molecule has 3 nitrogen and oxygen atoms in total. The third-order valence-corrected chi connectivity index (χ3v) is 3.91. The second kappa shape index (κ2) is 6.94. The molecule has 0 heterocycles. The van der Waals surface area contributed by atoms with Crippen molar-refractivity contribution in [3.05, 3.63) is 35.1 Å². The molecule has 0 amide bonds. The molecule has 1 aromatic carbocycles. The molecule has 1 saturated carbocycles. The minimum Gasteiger partial charge on any atom is -0.465 e. The third kappa shape index (κ3) is 3.48. The van der Waals surface area contributed by atoms with E-state index in [1.165, 1.54) is 0 Å². The van der Waals surface area contributed by atoms with Crippen molar-refractivity contribution in [2.75, 3.05) is 6.61 Å². The maximum absolute atomic E-state index is 13.3. The average molecular weight is 314 g/mol. The molecule has 0 bridgehead atoms. The summed E-state index contributed by atoms with van der Waals surface area (Å²) in [4.78, 5) is 24.3. The van der Waals surface area contributed by atoms with Gasteiger partial charge in [0.2, 0.25) is 0 Å². The summed E-state index contributed by atoms with van der Waals surface area (Å²) < 4.78 is 44.4. The van der Waals surface area contributed by atoms with Gasteiger partial charge < -0.3 is 4.74 Å². The summed E-state index contributed by atoms with van der Waals surface area (Å²) in [7, 11) is 0. The normalized spacial score (nSPS) is 16.0. The number of benzene rings is 1. The zero-order chi connectivity index (χ0) is 16.3. The lowest BCUT2D eigenvalue weighted by Gasteiger charge is -2.27. The largest absolute Gasteiger partial charge is 0.465 e. The number of rotatable bonds is 6. The topological polar surface area (TPSA) is 43.4 Å². The summed E-state index contributed by atoms with van der Waals surface area (Å²) in [6.07, 6.45) is 2.15. The van der Waals surface area contributed by atoms with Gasteiger partial charge in [0.25, 0.3) is 0 Å². The molecular weight excluding hydrogens is 297 g/mol. The molecule has 0 radical (unpaired) electrons. The Morgan fingerprint density at radius 3 is 2.27 bits per heavy atom. The van der Waals surface area contributed by atoms with Gasteiger partial charge >= 0.3 is 5.97 Å². The minimum atomic E-state index is -1.57. The standard InChI is InChI=1S/C16H17F3O3/c1-2-22-16(21)11(15(20)10-4-3-5-10)6-9-7-12(17)14(19)13(18)8-9/h7-8,10-11H,2-6H2,1H3. The van der Waals surface area contributed by atoms with E-state index in [1.54, 1.807) is 6.92 Å². The van der Waals surface area contributed by atoms with Crippen molar-refractivity contribution in [1.29, 1.82) is 0 Å². The van der Waals surface area contributed by atoms with Crippen LogP contribution in [0.3, 0.4) is 0 Å². The Hall–Kier alpha value is -1.85. The molecular formula is C16H17F3O3. The molecule has 1 atom stereocenters. The lowest BCUT2D eigenvalue weighted by atomic mass is 9.76. The Morgan fingerprint density at radius 2 is 1.82 bits per heavy atom. The Balaban J connectivity index is 2.21. The first kappa shape index (κ1) is 16.5. The fourth-order valence-electron chi connectivity index (χ4n) is 2.48. The molecule has 0 N–H and O–H groups in total. The number of carbonyl (C=O) groups excluding carboxylic acids is 2. The van der Waals surface area contributed by atoms with Gasteiger partial charge in [-0.1, -0.05) is 6.42 Å². The van der Waals surface area contributed by atoms with E-state index < -0.39 is 29.3 Å². The van der Waals surface area contributed by atoms with Crippen LogP contribution in [0.15, 0.2) is 12.1 Å². The number of Topliss-reactive ketones (excluding diaryl/α,β-unsaturated/α-hetero) is 1. The van der Waals surface area contributed by atoms with Gasteiger partial charge in [-0.05, 0) is 43.9 Å². The van der Waals surface area contributed by atoms with Crippen LogP contribution in [-0.4, -0.2) is 18.4 Å². The SMILES string of the molecule is CCOC(=O)C(Cc1cc(F)c(F)c(F)c1)C(=O)C1CCC1. The van der Waals surface area contributed by atoms with Crippen LogP contribution < -0.4 is 0 Å². The molecule has 1 aliphatic carbocycles. The number of hydrogen-bond acceptors (Lipinski definition) is 3. The first-order chi connectivity index (χ1) is 10.4. The summed E-state index contributed by atoms with van der Waals surface area (Å²) in [6.45, 7) is 1.72. The van der Waals surface area contributed by atoms with E-state index in [4.69, 9.17) is 4.74 Å². The van der Waals surface area contributed by atoms with Crippen LogP contribution >= 0.6 is 0 Å². The number of ether oxygens (including phenoxy) is 1. The fourth-order valence-corrected chi connectivity index (χ4v) is 2.48. The zero-order valence-corrected chi connectivity index (χ0v) is 12.2. The van der Waals surface area contributed by atoms with E-state index in [9.17, 15) is 22.8 Å². The Morgan fingerprint density at radius 1 is 1.23 bits per heavy atom. The van der Waals surface area contributed by atoms with E-state index in [2.05, 4.69) is 0 Å². The fraction of sp³-hybridized carbons (Fsp3) is 0.500. The molecule has 1 unspecified atom stereocenters. The van der Waals surface area contributed by atoms with Crippen molar-refractivity contribution >= 4 is 11.8 Å². The van der Waals surface area contributed by atoms with Gasteiger partial charge in [-0.2, -0.15) is 0 Å².